The van der Waals surface area contributed by atoms with Gasteiger partial charge in [-0.1, -0.05) is 37.3 Å². The second-order valence-electron chi connectivity index (χ2n) is 6.04. The largest absolute Gasteiger partial charge is 0.460 e. The molecule has 0 aliphatic carbocycles. The van der Waals surface area contributed by atoms with E-state index in [9.17, 15) is 4.79 Å². The Morgan fingerprint density at radius 2 is 2.05 bits per heavy atom. The highest BCUT2D eigenvalue weighted by atomic mass is 16.6. The van der Waals surface area contributed by atoms with Crippen molar-refractivity contribution in [2.24, 2.45) is 0 Å². The molecule has 1 N–H and O–H groups in total. The first-order valence-corrected chi connectivity index (χ1v) is 7.70. The Bertz CT molecular complexity index is 461. The summed E-state index contributed by atoms with van der Waals surface area (Å²) in [5, 5.41) is 3.37. The molecular formula is C17H26N2O2. The van der Waals surface area contributed by atoms with Crippen LogP contribution in [0.2, 0.25) is 0 Å². The van der Waals surface area contributed by atoms with Crippen LogP contribution in [0.5, 0.6) is 0 Å². The van der Waals surface area contributed by atoms with Crippen molar-refractivity contribution in [2.45, 2.75) is 31.3 Å². The normalized spacial score (nSPS) is 25.3. The lowest BCUT2D eigenvalue weighted by molar-refractivity contribution is -0.145. The number of ether oxygens (including phenoxy) is 1. The van der Waals surface area contributed by atoms with E-state index in [1.807, 2.05) is 30.3 Å². The number of hydrogen-bond donors (Lipinski definition) is 1. The Morgan fingerprint density at radius 1 is 1.33 bits per heavy atom. The van der Waals surface area contributed by atoms with Crippen molar-refractivity contribution in [3.8, 4) is 0 Å². The van der Waals surface area contributed by atoms with Gasteiger partial charge in [0.2, 0.25) is 0 Å². The SMILES string of the molecule is CCC1(c2ccccc2)CC(CNCCN(C)C)OC1=O. The first-order valence-electron chi connectivity index (χ1n) is 7.70. The number of nitrogens with zero attached hydrogens (tertiary/aromatic N) is 1. The van der Waals surface area contributed by atoms with Crippen LogP contribution >= 0.6 is 0 Å². The van der Waals surface area contributed by atoms with Gasteiger partial charge in [-0.25, -0.2) is 0 Å². The van der Waals surface area contributed by atoms with Gasteiger partial charge < -0.3 is 15.0 Å². The van der Waals surface area contributed by atoms with Gasteiger partial charge in [0.15, 0.2) is 0 Å². The minimum atomic E-state index is -0.463. The standard InChI is InChI=1S/C17H26N2O2/c1-4-17(14-8-6-5-7-9-14)12-15(21-16(17)20)13-18-10-11-19(2)3/h5-9,15,18H,4,10-13H2,1-3H3. The van der Waals surface area contributed by atoms with Crippen molar-refractivity contribution in [2.75, 3.05) is 33.7 Å². The molecule has 0 amide bonds. The zero-order chi connectivity index (χ0) is 15.3. The quantitative estimate of drug-likeness (QED) is 0.614. The number of benzene rings is 1. The van der Waals surface area contributed by atoms with Gasteiger partial charge in [0.1, 0.15) is 6.10 Å². The molecule has 2 rings (SSSR count). The molecule has 1 aliphatic heterocycles. The smallest absolute Gasteiger partial charge is 0.317 e. The van der Waals surface area contributed by atoms with E-state index in [0.717, 1.165) is 38.0 Å². The number of nitrogens with one attached hydrogen (secondary N) is 1. The van der Waals surface area contributed by atoms with Crippen LogP contribution in [0.15, 0.2) is 30.3 Å². The van der Waals surface area contributed by atoms with Crippen LogP contribution in [0.25, 0.3) is 0 Å². The number of likely N-dealkylation sites (N-methyl/N-ethyl adjacent to an activating group) is 1. The van der Waals surface area contributed by atoms with Crippen molar-refractivity contribution in [3.05, 3.63) is 35.9 Å². The number of hydrogen-bond acceptors (Lipinski definition) is 4. The number of esters is 1. The molecule has 0 aromatic heterocycles. The van der Waals surface area contributed by atoms with Gasteiger partial charge in [0.25, 0.3) is 0 Å². The minimum Gasteiger partial charge on any atom is -0.460 e. The summed E-state index contributed by atoms with van der Waals surface area (Å²) < 4.78 is 5.61. The molecule has 1 aromatic carbocycles. The predicted octanol–water partition coefficient (Wildman–Crippen LogP) is 1.80. The van der Waals surface area contributed by atoms with Crippen LogP contribution in [0, 0.1) is 0 Å². The first-order chi connectivity index (χ1) is 10.1. The summed E-state index contributed by atoms with van der Waals surface area (Å²) in [4.78, 5) is 14.6. The van der Waals surface area contributed by atoms with Gasteiger partial charge in [0, 0.05) is 26.1 Å². The lowest BCUT2D eigenvalue weighted by atomic mass is 9.76. The van der Waals surface area contributed by atoms with Gasteiger partial charge in [-0.05, 0) is 26.1 Å². The molecule has 1 saturated heterocycles. The Balaban J connectivity index is 1.97. The molecule has 2 unspecified atom stereocenters. The van der Waals surface area contributed by atoms with E-state index in [1.165, 1.54) is 0 Å². The third-order valence-electron chi connectivity index (χ3n) is 4.28. The summed E-state index contributed by atoms with van der Waals surface area (Å²) in [6.45, 7) is 4.69. The number of carbonyl (C=O) groups excluding carboxylic acids is 1. The highest BCUT2D eigenvalue weighted by Gasteiger charge is 2.48. The molecule has 4 heteroatoms. The maximum absolute atomic E-state index is 12.4. The molecule has 2 atom stereocenters. The fraction of sp³-hybridized carbons (Fsp3) is 0.588. The number of rotatable bonds is 7. The minimum absolute atomic E-state index is 0.0279. The Labute approximate surface area is 127 Å². The summed E-state index contributed by atoms with van der Waals surface area (Å²) in [7, 11) is 4.10. The van der Waals surface area contributed by atoms with Gasteiger partial charge >= 0.3 is 5.97 Å². The summed E-state index contributed by atoms with van der Waals surface area (Å²) in [6.07, 6.45) is 1.52. The van der Waals surface area contributed by atoms with Gasteiger partial charge in [-0.15, -0.1) is 0 Å². The van der Waals surface area contributed by atoms with Crippen LogP contribution in [-0.2, 0) is 14.9 Å². The molecule has 1 aromatic rings. The summed E-state index contributed by atoms with van der Waals surface area (Å²) >= 11 is 0. The fourth-order valence-corrected chi connectivity index (χ4v) is 2.94. The molecule has 0 bridgehead atoms. The zero-order valence-electron chi connectivity index (χ0n) is 13.3. The molecule has 116 valence electrons. The van der Waals surface area contributed by atoms with E-state index in [4.69, 9.17) is 4.74 Å². The second-order valence-corrected chi connectivity index (χ2v) is 6.04. The lowest BCUT2D eigenvalue weighted by Crippen LogP contribution is -2.33. The molecule has 1 fully saturated rings. The van der Waals surface area contributed by atoms with Crippen LogP contribution in [0.1, 0.15) is 25.3 Å². The highest BCUT2D eigenvalue weighted by molar-refractivity contribution is 5.85. The molecule has 0 radical (unpaired) electrons. The van der Waals surface area contributed by atoms with E-state index < -0.39 is 5.41 Å². The Kier molecular flexibility index (Phi) is 5.37. The van der Waals surface area contributed by atoms with Crippen molar-refractivity contribution in [1.29, 1.82) is 0 Å². The zero-order valence-corrected chi connectivity index (χ0v) is 13.3. The van der Waals surface area contributed by atoms with Gasteiger partial charge in [0.05, 0.1) is 5.41 Å². The second kappa shape index (κ2) is 7.05. The van der Waals surface area contributed by atoms with Crippen molar-refractivity contribution in [3.63, 3.8) is 0 Å². The van der Waals surface area contributed by atoms with Crippen LogP contribution < -0.4 is 5.32 Å². The Morgan fingerprint density at radius 3 is 2.67 bits per heavy atom. The molecule has 1 heterocycles. The van der Waals surface area contributed by atoms with Crippen LogP contribution in [-0.4, -0.2) is 50.7 Å². The Hall–Kier alpha value is -1.39. The molecule has 21 heavy (non-hydrogen) atoms. The maximum atomic E-state index is 12.4. The predicted molar refractivity (Wildman–Crippen MR) is 84.3 cm³/mol. The fourth-order valence-electron chi connectivity index (χ4n) is 2.94. The highest BCUT2D eigenvalue weighted by Crippen LogP contribution is 2.40. The maximum Gasteiger partial charge on any atom is 0.317 e. The third kappa shape index (κ3) is 3.63. The number of cyclic esters (lactones) is 1. The van der Waals surface area contributed by atoms with E-state index in [-0.39, 0.29) is 12.1 Å². The molecule has 0 saturated carbocycles. The number of carbonyl (C=O) groups is 1. The molecule has 4 nitrogen and oxygen atoms in total. The molecular weight excluding hydrogens is 264 g/mol. The van der Waals surface area contributed by atoms with E-state index in [0.29, 0.717) is 0 Å². The molecule has 0 spiro atoms. The summed E-state index contributed by atoms with van der Waals surface area (Å²) in [5.74, 6) is -0.0735. The monoisotopic (exact) mass is 290 g/mol. The first kappa shape index (κ1) is 16.0. The molecule has 1 aliphatic rings. The van der Waals surface area contributed by atoms with Gasteiger partial charge in [-0.2, -0.15) is 0 Å². The van der Waals surface area contributed by atoms with Crippen molar-refractivity contribution in [1.82, 2.24) is 10.2 Å². The van der Waals surface area contributed by atoms with Crippen molar-refractivity contribution >= 4 is 5.97 Å². The van der Waals surface area contributed by atoms with E-state index in [2.05, 4.69) is 31.2 Å². The summed E-state index contributed by atoms with van der Waals surface area (Å²) in [6, 6.07) is 10.0. The lowest BCUT2D eigenvalue weighted by Gasteiger charge is -2.23. The van der Waals surface area contributed by atoms with Crippen LogP contribution in [0.4, 0.5) is 0 Å². The topological polar surface area (TPSA) is 41.6 Å². The average molecular weight is 290 g/mol. The third-order valence-corrected chi connectivity index (χ3v) is 4.28. The van der Waals surface area contributed by atoms with Crippen molar-refractivity contribution < 1.29 is 9.53 Å². The van der Waals surface area contributed by atoms with E-state index >= 15 is 0 Å². The summed E-state index contributed by atoms with van der Waals surface area (Å²) in [5.41, 5.74) is 0.614. The van der Waals surface area contributed by atoms with E-state index in [1.54, 1.807) is 0 Å². The average Bonchev–Trinajstić information content (AvgIpc) is 2.81. The van der Waals surface area contributed by atoms with Crippen LogP contribution in [0.3, 0.4) is 0 Å². The van der Waals surface area contributed by atoms with Gasteiger partial charge in [-0.3, -0.25) is 4.79 Å².